The molecule has 18 heavy (non-hydrogen) atoms. The first kappa shape index (κ1) is 12.8. The van der Waals surface area contributed by atoms with Gasteiger partial charge >= 0.3 is 0 Å². The average Bonchev–Trinajstić information content (AvgIpc) is 2.73. The summed E-state index contributed by atoms with van der Waals surface area (Å²) in [5.74, 6) is 0.648. The zero-order valence-electron chi connectivity index (χ0n) is 10.9. The van der Waals surface area contributed by atoms with Crippen molar-refractivity contribution < 1.29 is 4.79 Å². The third-order valence-electron chi connectivity index (χ3n) is 3.68. The minimum atomic E-state index is -0.461. The largest absolute Gasteiger partial charge is 0.369 e. The van der Waals surface area contributed by atoms with Crippen molar-refractivity contribution in [1.29, 1.82) is 0 Å². The van der Waals surface area contributed by atoms with Gasteiger partial charge in [0.15, 0.2) is 0 Å². The van der Waals surface area contributed by atoms with Gasteiger partial charge in [0.1, 0.15) is 5.82 Å². The Morgan fingerprint density at radius 1 is 1.56 bits per heavy atom. The summed E-state index contributed by atoms with van der Waals surface area (Å²) >= 11 is 0. The first-order valence-corrected chi connectivity index (χ1v) is 6.18. The lowest BCUT2D eigenvalue weighted by Crippen LogP contribution is -2.37. The van der Waals surface area contributed by atoms with Gasteiger partial charge in [0.05, 0.1) is 5.41 Å². The quantitative estimate of drug-likeness (QED) is 0.818. The van der Waals surface area contributed by atoms with Crippen molar-refractivity contribution in [3.05, 3.63) is 23.4 Å². The van der Waals surface area contributed by atoms with E-state index in [1.807, 2.05) is 26.0 Å². The molecule has 1 aromatic rings. The van der Waals surface area contributed by atoms with Gasteiger partial charge in [-0.1, -0.05) is 6.07 Å². The van der Waals surface area contributed by atoms with Crippen molar-refractivity contribution in [3.8, 4) is 0 Å². The molecule has 5 heteroatoms. The van der Waals surface area contributed by atoms with Gasteiger partial charge in [0.25, 0.3) is 0 Å². The molecule has 1 unspecified atom stereocenters. The predicted molar refractivity (Wildman–Crippen MR) is 71.0 cm³/mol. The number of pyridine rings is 1. The highest BCUT2D eigenvalue weighted by molar-refractivity contribution is 5.82. The lowest BCUT2D eigenvalue weighted by atomic mass is 9.89. The van der Waals surface area contributed by atoms with Crippen LogP contribution in [0.3, 0.4) is 0 Å². The number of rotatable bonds is 3. The van der Waals surface area contributed by atoms with Crippen LogP contribution in [-0.2, 0) is 11.3 Å². The highest BCUT2D eigenvalue weighted by Crippen LogP contribution is 2.33. The average molecular weight is 248 g/mol. The molecule has 2 rings (SSSR count). The molecule has 0 radical (unpaired) electrons. The molecule has 1 aliphatic rings. The van der Waals surface area contributed by atoms with Crippen molar-refractivity contribution in [2.24, 2.45) is 16.9 Å². The smallest absolute Gasteiger partial charge is 0.225 e. The minimum Gasteiger partial charge on any atom is -0.369 e. The molecule has 1 amide bonds. The maximum Gasteiger partial charge on any atom is 0.225 e. The third-order valence-corrected chi connectivity index (χ3v) is 3.68. The molecule has 1 saturated heterocycles. The maximum absolute atomic E-state index is 11.5. The summed E-state index contributed by atoms with van der Waals surface area (Å²) in [5, 5.41) is 0. The van der Waals surface area contributed by atoms with Gasteiger partial charge in [-0.3, -0.25) is 4.79 Å². The van der Waals surface area contributed by atoms with E-state index in [4.69, 9.17) is 11.5 Å². The van der Waals surface area contributed by atoms with Crippen LogP contribution in [0.1, 0.15) is 24.6 Å². The molecule has 2 heterocycles. The van der Waals surface area contributed by atoms with Gasteiger partial charge < -0.3 is 16.4 Å². The monoisotopic (exact) mass is 248 g/mol. The lowest BCUT2D eigenvalue weighted by Gasteiger charge is -2.23. The Hall–Kier alpha value is -1.62. The number of aryl methyl sites for hydroxylation is 1. The van der Waals surface area contributed by atoms with Gasteiger partial charge in [-0.15, -0.1) is 0 Å². The van der Waals surface area contributed by atoms with Crippen LogP contribution in [0.25, 0.3) is 0 Å². The fourth-order valence-corrected chi connectivity index (χ4v) is 2.35. The molecule has 1 aromatic heterocycles. The van der Waals surface area contributed by atoms with Crippen LogP contribution in [0.5, 0.6) is 0 Å². The maximum atomic E-state index is 11.5. The molecular formula is C13H20N4O. The fraction of sp³-hybridized carbons (Fsp3) is 0.538. The van der Waals surface area contributed by atoms with Crippen LogP contribution in [0.2, 0.25) is 0 Å². The van der Waals surface area contributed by atoms with Gasteiger partial charge in [-0.2, -0.15) is 0 Å². The van der Waals surface area contributed by atoms with Crippen LogP contribution in [0, 0.1) is 12.3 Å². The molecule has 5 nitrogen and oxygen atoms in total. The van der Waals surface area contributed by atoms with Gasteiger partial charge in [0, 0.05) is 30.9 Å². The summed E-state index contributed by atoms with van der Waals surface area (Å²) in [7, 11) is 0. The van der Waals surface area contributed by atoms with E-state index in [2.05, 4.69) is 9.88 Å². The Labute approximate surface area is 107 Å². The van der Waals surface area contributed by atoms with Crippen LogP contribution in [0.15, 0.2) is 12.1 Å². The summed E-state index contributed by atoms with van der Waals surface area (Å²) in [4.78, 5) is 18.1. The van der Waals surface area contributed by atoms with Crippen molar-refractivity contribution in [3.63, 3.8) is 0 Å². The predicted octanol–water partition coefficient (Wildman–Crippen LogP) is 0.550. The summed E-state index contributed by atoms with van der Waals surface area (Å²) in [5.41, 5.74) is 12.7. The topological polar surface area (TPSA) is 85.2 Å². The van der Waals surface area contributed by atoms with E-state index in [1.54, 1.807) is 0 Å². The molecule has 1 aliphatic heterocycles. The Morgan fingerprint density at radius 3 is 2.83 bits per heavy atom. The molecule has 0 saturated carbocycles. The minimum absolute atomic E-state index is 0.244. The lowest BCUT2D eigenvalue weighted by molar-refractivity contribution is -0.125. The number of nitrogens with zero attached hydrogens (tertiary/aromatic N) is 2. The molecule has 0 spiro atoms. The Morgan fingerprint density at radius 2 is 2.28 bits per heavy atom. The number of carbonyl (C=O) groups is 1. The number of amides is 1. The van der Waals surface area contributed by atoms with Crippen molar-refractivity contribution in [1.82, 2.24) is 4.98 Å². The van der Waals surface area contributed by atoms with E-state index in [9.17, 15) is 4.79 Å². The van der Waals surface area contributed by atoms with E-state index in [0.29, 0.717) is 13.1 Å². The number of carbonyl (C=O) groups excluding carboxylic acids is 1. The Balaban J connectivity index is 2.29. The van der Waals surface area contributed by atoms with Crippen LogP contribution in [0.4, 0.5) is 5.82 Å². The van der Waals surface area contributed by atoms with E-state index >= 15 is 0 Å². The van der Waals surface area contributed by atoms with Crippen LogP contribution in [-0.4, -0.2) is 24.0 Å². The SMILES string of the molecule is Cc1ccc(CN)c(N2CCC(C)(C(N)=O)C2)n1. The Kier molecular flexibility index (Phi) is 3.26. The highest BCUT2D eigenvalue weighted by atomic mass is 16.1. The second-order valence-corrected chi connectivity index (χ2v) is 5.24. The molecule has 1 fully saturated rings. The number of nitrogens with two attached hydrogens (primary N) is 2. The van der Waals surface area contributed by atoms with Crippen molar-refractivity contribution >= 4 is 11.7 Å². The first-order valence-electron chi connectivity index (χ1n) is 6.18. The summed E-state index contributed by atoms with van der Waals surface area (Å²) < 4.78 is 0. The number of aromatic nitrogens is 1. The molecule has 0 bridgehead atoms. The number of hydrogen-bond donors (Lipinski definition) is 2. The molecular weight excluding hydrogens is 228 g/mol. The molecule has 0 aliphatic carbocycles. The highest BCUT2D eigenvalue weighted by Gasteiger charge is 2.39. The standard InChI is InChI=1S/C13H20N4O/c1-9-3-4-10(7-14)11(16-9)17-6-5-13(2,8-17)12(15)18/h3-4H,5-8,14H2,1-2H3,(H2,15,18). The van der Waals surface area contributed by atoms with E-state index in [-0.39, 0.29) is 5.91 Å². The van der Waals surface area contributed by atoms with Crippen molar-refractivity contribution in [2.45, 2.75) is 26.8 Å². The number of anilines is 1. The third kappa shape index (κ3) is 2.18. The van der Waals surface area contributed by atoms with E-state index in [0.717, 1.165) is 30.0 Å². The van der Waals surface area contributed by atoms with Gasteiger partial charge in [-0.05, 0) is 26.3 Å². The summed E-state index contributed by atoms with van der Waals surface area (Å²) in [6.45, 7) is 5.72. The Bertz CT molecular complexity index is 474. The zero-order valence-corrected chi connectivity index (χ0v) is 10.9. The van der Waals surface area contributed by atoms with E-state index in [1.165, 1.54) is 0 Å². The fourth-order valence-electron chi connectivity index (χ4n) is 2.35. The second-order valence-electron chi connectivity index (χ2n) is 5.24. The van der Waals surface area contributed by atoms with Crippen molar-refractivity contribution in [2.75, 3.05) is 18.0 Å². The van der Waals surface area contributed by atoms with Crippen LogP contribution < -0.4 is 16.4 Å². The van der Waals surface area contributed by atoms with Gasteiger partial charge in [-0.25, -0.2) is 4.98 Å². The molecule has 98 valence electrons. The normalized spacial score (nSPS) is 23.4. The zero-order chi connectivity index (χ0) is 13.3. The number of hydrogen-bond acceptors (Lipinski definition) is 4. The van der Waals surface area contributed by atoms with Gasteiger partial charge in [0.2, 0.25) is 5.91 Å². The van der Waals surface area contributed by atoms with Crippen LogP contribution >= 0.6 is 0 Å². The van der Waals surface area contributed by atoms with E-state index < -0.39 is 5.41 Å². The molecule has 4 N–H and O–H groups in total. The summed E-state index contributed by atoms with van der Waals surface area (Å²) in [6.07, 6.45) is 0.766. The second kappa shape index (κ2) is 4.57. The summed E-state index contributed by atoms with van der Waals surface area (Å²) in [6, 6.07) is 3.95. The molecule has 1 atom stereocenters. The molecule has 0 aromatic carbocycles. The first-order chi connectivity index (χ1) is 8.46. The number of primary amides is 1.